The molecule has 1 aliphatic heterocycles. The SMILES string of the molecule is Cc1cccc(CNC(=O)c2cccc([C@H]3CCCN(C(=O)Nc4ccc(Cl)cc4)C3)c2)c1. The van der Waals surface area contributed by atoms with E-state index in [-0.39, 0.29) is 17.9 Å². The number of urea groups is 1. The van der Waals surface area contributed by atoms with Gasteiger partial charge in [0, 0.05) is 41.8 Å². The lowest BCUT2D eigenvalue weighted by Crippen LogP contribution is -2.41. The van der Waals surface area contributed by atoms with Crippen LogP contribution in [0.2, 0.25) is 5.02 Å². The lowest BCUT2D eigenvalue weighted by Gasteiger charge is -2.33. The smallest absolute Gasteiger partial charge is 0.321 e. The predicted octanol–water partition coefficient (Wildman–Crippen LogP) is 5.99. The normalized spacial score (nSPS) is 15.7. The molecule has 0 spiro atoms. The van der Waals surface area contributed by atoms with Gasteiger partial charge in [0.15, 0.2) is 0 Å². The summed E-state index contributed by atoms with van der Waals surface area (Å²) in [6.45, 7) is 3.87. The fourth-order valence-corrected chi connectivity index (χ4v) is 4.34. The molecule has 0 bridgehead atoms. The summed E-state index contributed by atoms with van der Waals surface area (Å²) in [5, 5.41) is 6.58. The Morgan fingerprint density at radius 3 is 2.61 bits per heavy atom. The summed E-state index contributed by atoms with van der Waals surface area (Å²) in [5.74, 6) is 0.103. The number of hydrogen-bond donors (Lipinski definition) is 2. The van der Waals surface area contributed by atoms with Gasteiger partial charge in [-0.25, -0.2) is 4.79 Å². The Hall–Kier alpha value is -3.31. The highest BCUT2D eigenvalue weighted by atomic mass is 35.5. The molecule has 1 fully saturated rings. The number of nitrogens with one attached hydrogen (secondary N) is 2. The predicted molar refractivity (Wildman–Crippen MR) is 133 cm³/mol. The first-order valence-electron chi connectivity index (χ1n) is 11.2. The molecular weight excluding hydrogens is 434 g/mol. The van der Waals surface area contributed by atoms with E-state index in [2.05, 4.69) is 16.7 Å². The highest BCUT2D eigenvalue weighted by Gasteiger charge is 2.25. The standard InChI is InChI=1S/C27H28ClN3O2/c1-19-5-2-6-20(15-19)17-29-26(32)22-8-3-7-21(16-22)23-9-4-14-31(18-23)27(33)30-25-12-10-24(28)11-13-25/h2-3,5-8,10-13,15-16,23H,4,9,14,17-18H2,1H3,(H,29,32)(H,30,33)/t23-/m0/s1. The van der Waals surface area contributed by atoms with E-state index in [1.807, 2.05) is 54.3 Å². The molecule has 3 aromatic rings. The maximum atomic E-state index is 12.8. The van der Waals surface area contributed by atoms with Gasteiger partial charge in [0.1, 0.15) is 0 Å². The quantitative estimate of drug-likeness (QED) is 0.490. The second kappa shape index (κ2) is 10.5. The fraction of sp³-hybridized carbons (Fsp3) is 0.259. The molecule has 1 aliphatic rings. The molecule has 0 aromatic heterocycles. The Balaban J connectivity index is 1.38. The van der Waals surface area contributed by atoms with Crippen LogP contribution in [0.1, 0.15) is 45.8 Å². The van der Waals surface area contributed by atoms with Gasteiger partial charge in [-0.05, 0) is 67.3 Å². The van der Waals surface area contributed by atoms with Crippen molar-refractivity contribution in [2.24, 2.45) is 0 Å². The number of aryl methyl sites for hydroxylation is 1. The molecule has 0 aliphatic carbocycles. The van der Waals surface area contributed by atoms with Crippen LogP contribution < -0.4 is 10.6 Å². The first kappa shape index (κ1) is 22.9. The van der Waals surface area contributed by atoms with E-state index in [0.29, 0.717) is 30.2 Å². The van der Waals surface area contributed by atoms with E-state index in [4.69, 9.17) is 11.6 Å². The zero-order valence-corrected chi connectivity index (χ0v) is 19.4. The summed E-state index contributed by atoms with van der Waals surface area (Å²) in [6, 6.07) is 22.9. The maximum Gasteiger partial charge on any atom is 0.321 e. The molecule has 1 saturated heterocycles. The minimum absolute atomic E-state index is 0.0912. The van der Waals surface area contributed by atoms with Crippen LogP contribution in [-0.2, 0) is 6.54 Å². The molecule has 3 amide bonds. The van der Waals surface area contributed by atoms with Crippen LogP contribution in [-0.4, -0.2) is 29.9 Å². The van der Waals surface area contributed by atoms with Gasteiger partial charge in [-0.15, -0.1) is 0 Å². The number of carbonyl (C=O) groups is 2. The number of nitrogens with zero attached hydrogens (tertiary/aromatic N) is 1. The van der Waals surface area contributed by atoms with Crippen molar-refractivity contribution < 1.29 is 9.59 Å². The number of rotatable bonds is 5. The molecule has 5 nitrogen and oxygen atoms in total. The monoisotopic (exact) mass is 461 g/mol. The van der Waals surface area contributed by atoms with E-state index in [9.17, 15) is 9.59 Å². The first-order valence-corrected chi connectivity index (χ1v) is 11.6. The molecule has 4 rings (SSSR count). The van der Waals surface area contributed by atoms with Crippen molar-refractivity contribution >= 4 is 29.2 Å². The van der Waals surface area contributed by atoms with Crippen molar-refractivity contribution in [3.8, 4) is 0 Å². The Labute approximate surface area is 199 Å². The van der Waals surface area contributed by atoms with Gasteiger partial charge in [0.25, 0.3) is 5.91 Å². The first-order chi connectivity index (χ1) is 16.0. The minimum atomic E-state index is -0.117. The molecule has 6 heteroatoms. The van der Waals surface area contributed by atoms with Crippen LogP contribution in [0.3, 0.4) is 0 Å². The average molecular weight is 462 g/mol. The van der Waals surface area contributed by atoms with E-state index in [1.165, 1.54) is 5.56 Å². The number of anilines is 1. The summed E-state index contributed by atoms with van der Waals surface area (Å²) >= 11 is 5.92. The Morgan fingerprint density at radius 2 is 1.82 bits per heavy atom. The molecule has 2 N–H and O–H groups in total. The van der Waals surface area contributed by atoms with Gasteiger partial charge in [-0.3, -0.25) is 4.79 Å². The number of benzene rings is 3. The summed E-state index contributed by atoms with van der Waals surface area (Å²) in [7, 11) is 0. The maximum absolute atomic E-state index is 12.8. The van der Waals surface area contributed by atoms with Crippen LogP contribution >= 0.6 is 11.6 Å². The molecule has 1 heterocycles. The zero-order valence-electron chi connectivity index (χ0n) is 18.7. The number of halogens is 1. The Bertz CT molecular complexity index is 1130. The largest absolute Gasteiger partial charge is 0.348 e. The number of amides is 3. The van der Waals surface area contributed by atoms with E-state index in [0.717, 1.165) is 29.7 Å². The van der Waals surface area contributed by atoms with Crippen molar-refractivity contribution in [3.05, 3.63) is 100 Å². The van der Waals surface area contributed by atoms with Crippen LogP contribution in [0.15, 0.2) is 72.8 Å². The van der Waals surface area contributed by atoms with Crippen molar-refractivity contribution in [2.75, 3.05) is 18.4 Å². The molecule has 0 radical (unpaired) electrons. The van der Waals surface area contributed by atoms with Crippen LogP contribution in [0.25, 0.3) is 0 Å². The third kappa shape index (κ3) is 6.14. The van der Waals surface area contributed by atoms with Crippen LogP contribution in [0.4, 0.5) is 10.5 Å². The zero-order chi connectivity index (χ0) is 23.2. The summed E-state index contributed by atoms with van der Waals surface area (Å²) in [4.78, 5) is 27.3. The summed E-state index contributed by atoms with van der Waals surface area (Å²) in [6.07, 6.45) is 1.90. The molecular formula is C27H28ClN3O2. The third-order valence-corrected chi connectivity index (χ3v) is 6.21. The summed E-state index contributed by atoms with van der Waals surface area (Å²) in [5.41, 5.74) is 4.70. The molecule has 1 atom stereocenters. The van der Waals surface area contributed by atoms with Gasteiger partial charge in [0.05, 0.1) is 0 Å². The highest BCUT2D eigenvalue weighted by Crippen LogP contribution is 2.28. The van der Waals surface area contributed by atoms with Crippen molar-refractivity contribution in [3.63, 3.8) is 0 Å². The minimum Gasteiger partial charge on any atom is -0.348 e. The number of hydrogen-bond acceptors (Lipinski definition) is 2. The van der Waals surface area contributed by atoms with E-state index < -0.39 is 0 Å². The number of piperidine rings is 1. The van der Waals surface area contributed by atoms with Crippen LogP contribution in [0, 0.1) is 6.92 Å². The summed E-state index contributed by atoms with van der Waals surface area (Å²) < 4.78 is 0. The third-order valence-electron chi connectivity index (χ3n) is 5.96. The lowest BCUT2D eigenvalue weighted by molar-refractivity contribution is 0.0950. The second-order valence-corrected chi connectivity index (χ2v) is 8.96. The van der Waals surface area contributed by atoms with E-state index >= 15 is 0 Å². The van der Waals surface area contributed by atoms with Gasteiger partial charge >= 0.3 is 6.03 Å². The van der Waals surface area contributed by atoms with Gasteiger partial charge in [-0.1, -0.05) is 53.6 Å². The average Bonchev–Trinajstić information content (AvgIpc) is 2.84. The van der Waals surface area contributed by atoms with Crippen molar-refractivity contribution in [2.45, 2.75) is 32.2 Å². The second-order valence-electron chi connectivity index (χ2n) is 8.52. The fourth-order valence-electron chi connectivity index (χ4n) is 4.21. The molecule has 3 aromatic carbocycles. The molecule has 0 saturated carbocycles. The van der Waals surface area contributed by atoms with Gasteiger partial charge < -0.3 is 15.5 Å². The van der Waals surface area contributed by atoms with Gasteiger partial charge in [-0.2, -0.15) is 0 Å². The number of carbonyl (C=O) groups excluding carboxylic acids is 2. The molecule has 170 valence electrons. The van der Waals surface area contributed by atoms with Crippen LogP contribution in [0.5, 0.6) is 0 Å². The Kier molecular flexibility index (Phi) is 7.30. The van der Waals surface area contributed by atoms with E-state index in [1.54, 1.807) is 24.3 Å². The molecule has 0 unspecified atom stereocenters. The molecule has 33 heavy (non-hydrogen) atoms. The Morgan fingerprint density at radius 1 is 1.03 bits per heavy atom. The van der Waals surface area contributed by atoms with Gasteiger partial charge in [0.2, 0.25) is 0 Å². The van der Waals surface area contributed by atoms with Crippen molar-refractivity contribution in [1.29, 1.82) is 0 Å². The van der Waals surface area contributed by atoms with Crippen molar-refractivity contribution in [1.82, 2.24) is 10.2 Å². The lowest BCUT2D eigenvalue weighted by atomic mass is 9.89. The highest BCUT2D eigenvalue weighted by molar-refractivity contribution is 6.30. The topological polar surface area (TPSA) is 61.4 Å². The number of likely N-dealkylation sites (tertiary alicyclic amines) is 1.